The van der Waals surface area contributed by atoms with Crippen LogP contribution >= 0.6 is 0 Å². The zero-order valence-corrected chi connectivity index (χ0v) is 31.3. The number of carbonyl (C=O) groups is 2. The molecule has 0 radical (unpaired) electrons. The van der Waals surface area contributed by atoms with Crippen LogP contribution in [-0.4, -0.2) is 24.1 Å². The van der Waals surface area contributed by atoms with Crippen molar-refractivity contribution in [1.29, 1.82) is 0 Å². The number of ether oxygens (including phenoxy) is 2. The van der Waals surface area contributed by atoms with Crippen molar-refractivity contribution >= 4 is 11.9 Å². The van der Waals surface area contributed by atoms with Crippen molar-refractivity contribution in [3.63, 3.8) is 0 Å². The fraction of sp³-hybridized carbons (Fsp3) is 0.857. The highest BCUT2D eigenvalue weighted by Crippen LogP contribution is 2.17. The Morgan fingerprint density at radius 1 is 0.391 bits per heavy atom. The van der Waals surface area contributed by atoms with Gasteiger partial charge in [0.05, 0.1) is 0 Å². The van der Waals surface area contributed by atoms with Crippen LogP contribution < -0.4 is 0 Å². The quantitative estimate of drug-likeness (QED) is 0.0390. The molecule has 0 amide bonds. The van der Waals surface area contributed by atoms with Crippen LogP contribution in [0.5, 0.6) is 0 Å². The number of esters is 2. The van der Waals surface area contributed by atoms with E-state index >= 15 is 0 Å². The van der Waals surface area contributed by atoms with Gasteiger partial charge in [0, 0.05) is 12.8 Å². The van der Waals surface area contributed by atoms with Crippen LogP contribution in [0.4, 0.5) is 0 Å². The predicted octanol–water partition coefficient (Wildman–Crippen LogP) is 13.7. The molecule has 0 spiro atoms. The summed E-state index contributed by atoms with van der Waals surface area (Å²) in [4.78, 5) is 25.0. The van der Waals surface area contributed by atoms with Gasteiger partial charge in [0.1, 0.15) is 12.2 Å². The third-order valence-electron chi connectivity index (χ3n) is 9.07. The monoisotopic (exact) mass is 647 g/mol. The number of rotatable bonds is 35. The molecule has 0 aliphatic heterocycles. The molecule has 0 aliphatic rings. The highest BCUT2D eigenvalue weighted by molar-refractivity contribution is 5.70. The fourth-order valence-corrected chi connectivity index (χ4v) is 5.98. The lowest BCUT2D eigenvalue weighted by molar-refractivity contribution is -0.168. The molecule has 0 saturated heterocycles. The minimum absolute atomic E-state index is 0.156. The summed E-state index contributed by atoms with van der Waals surface area (Å²) in [7, 11) is 0. The summed E-state index contributed by atoms with van der Waals surface area (Å²) in [5.41, 5.74) is 0. The molecule has 4 nitrogen and oxygen atoms in total. The summed E-state index contributed by atoms with van der Waals surface area (Å²) in [5.74, 6) is -0.313. The smallest absolute Gasteiger partial charge is 0.306 e. The van der Waals surface area contributed by atoms with Crippen molar-refractivity contribution in [2.45, 2.75) is 233 Å². The Kier molecular flexibility index (Phi) is 35.0. The second-order valence-corrected chi connectivity index (χ2v) is 13.5. The van der Waals surface area contributed by atoms with Gasteiger partial charge >= 0.3 is 11.9 Å². The van der Waals surface area contributed by atoms with Crippen molar-refractivity contribution in [2.24, 2.45) is 0 Å². The van der Waals surface area contributed by atoms with E-state index in [2.05, 4.69) is 38.2 Å². The maximum Gasteiger partial charge on any atom is 0.306 e. The summed E-state index contributed by atoms with van der Waals surface area (Å²) >= 11 is 0. The van der Waals surface area contributed by atoms with E-state index in [-0.39, 0.29) is 24.1 Å². The van der Waals surface area contributed by atoms with Gasteiger partial charge in [-0.05, 0) is 77.0 Å². The van der Waals surface area contributed by atoms with Crippen LogP contribution in [-0.2, 0) is 19.1 Å². The van der Waals surface area contributed by atoms with Crippen molar-refractivity contribution in [2.75, 3.05) is 0 Å². The second kappa shape index (κ2) is 36.3. The molecule has 0 fully saturated rings. The van der Waals surface area contributed by atoms with Crippen molar-refractivity contribution in [1.82, 2.24) is 0 Å². The fourth-order valence-electron chi connectivity index (χ4n) is 5.98. The number of hydrogen-bond donors (Lipinski definition) is 0. The highest BCUT2D eigenvalue weighted by atomic mass is 16.6. The first-order valence-electron chi connectivity index (χ1n) is 20.3. The molecule has 0 bridgehead atoms. The Morgan fingerprint density at radius 3 is 0.935 bits per heavy atom. The third-order valence-corrected chi connectivity index (χ3v) is 9.07. The normalized spacial score (nSPS) is 13.0. The molecular formula is C42H78O4. The standard InChI is InChI=1S/C42H78O4/c1-5-9-11-13-15-17-19-21-23-25-27-29-31-33-35-37-41(43)45-39(7-3)40(8-4)46-42(44)38-36-34-32-30-28-26-24-22-20-18-16-14-12-10-6-2/h21-24,39-40H,5-20,25-38H2,1-4H3/b23-21-,24-22-. The van der Waals surface area contributed by atoms with Gasteiger partial charge in [0.25, 0.3) is 0 Å². The largest absolute Gasteiger partial charge is 0.458 e. The van der Waals surface area contributed by atoms with Crippen LogP contribution in [0.2, 0.25) is 0 Å². The van der Waals surface area contributed by atoms with E-state index in [1.54, 1.807) is 0 Å². The average Bonchev–Trinajstić information content (AvgIpc) is 3.06. The van der Waals surface area contributed by atoms with Crippen molar-refractivity contribution in [3.05, 3.63) is 24.3 Å². The summed E-state index contributed by atoms with van der Waals surface area (Å²) in [6, 6.07) is 0. The number of allylic oxidation sites excluding steroid dienone is 4. The summed E-state index contributed by atoms with van der Waals surface area (Å²) < 4.78 is 11.5. The molecule has 4 heteroatoms. The molecule has 2 unspecified atom stereocenters. The maximum atomic E-state index is 12.5. The minimum Gasteiger partial charge on any atom is -0.458 e. The Labute approximate surface area is 287 Å². The number of unbranched alkanes of at least 4 members (excludes halogenated alkanes) is 22. The lowest BCUT2D eigenvalue weighted by Crippen LogP contribution is -2.34. The molecule has 0 heterocycles. The van der Waals surface area contributed by atoms with Gasteiger partial charge in [-0.3, -0.25) is 9.59 Å². The van der Waals surface area contributed by atoms with E-state index in [0.717, 1.165) is 25.7 Å². The van der Waals surface area contributed by atoms with Gasteiger partial charge in [-0.1, -0.05) is 155 Å². The zero-order chi connectivity index (χ0) is 33.8. The average molecular weight is 647 g/mol. The van der Waals surface area contributed by atoms with Crippen LogP contribution in [0.3, 0.4) is 0 Å². The second-order valence-electron chi connectivity index (χ2n) is 13.5. The summed E-state index contributed by atoms with van der Waals surface area (Å²) in [5, 5.41) is 0. The number of carbonyl (C=O) groups excluding carboxylic acids is 2. The van der Waals surface area contributed by atoms with E-state index in [4.69, 9.17) is 9.47 Å². The Balaban J connectivity index is 3.83. The van der Waals surface area contributed by atoms with E-state index in [0.29, 0.717) is 25.7 Å². The van der Waals surface area contributed by atoms with Crippen LogP contribution in [0.15, 0.2) is 24.3 Å². The Morgan fingerprint density at radius 2 is 0.652 bits per heavy atom. The highest BCUT2D eigenvalue weighted by Gasteiger charge is 2.25. The summed E-state index contributed by atoms with van der Waals surface area (Å²) in [6.45, 7) is 8.54. The summed E-state index contributed by atoms with van der Waals surface area (Å²) in [6.07, 6.45) is 43.2. The SMILES string of the molecule is CCCCCCCC/C=C\CCCCCCCC(=O)OC(CC)C(CC)OC(=O)CCCCCCC/C=C\CCCCCCCC. The van der Waals surface area contributed by atoms with Crippen LogP contribution in [0.25, 0.3) is 0 Å². The van der Waals surface area contributed by atoms with Gasteiger partial charge in [0.2, 0.25) is 0 Å². The molecule has 270 valence electrons. The molecule has 0 rings (SSSR count). The molecular weight excluding hydrogens is 568 g/mol. The lowest BCUT2D eigenvalue weighted by atomic mass is 10.1. The van der Waals surface area contributed by atoms with Gasteiger partial charge in [-0.15, -0.1) is 0 Å². The first-order valence-corrected chi connectivity index (χ1v) is 20.3. The van der Waals surface area contributed by atoms with Crippen LogP contribution in [0, 0.1) is 0 Å². The van der Waals surface area contributed by atoms with Gasteiger partial charge < -0.3 is 9.47 Å². The third kappa shape index (κ3) is 31.0. The van der Waals surface area contributed by atoms with E-state index in [1.807, 2.05) is 13.8 Å². The topological polar surface area (TPSA) is 52.6 Å². The Bertz CT molecular complexity index is 652. The van der Waals surface area contributed by atoms with Gasteiger partial charge in [-0.25, -0.2) is 0 Å². The molecule has 0 saturated carbocycles. The molecule has 46 heavy (non-hydrogen) atoms. The van der Waals surface area contributed by atoms with E-state index in [1.165, 1.54) is 141 Å². The van der Waals surface area contributed by atoms with Gasteiger partial charge in [0.15, 0.2) is 0 Å². The molecule has 0 aromatic carbocycles. The van der Waals surface area contributed by atoms with Crippen molar-refractivity contribution < 1.29 is 19.1 Å². The Hall–Kier alpha value is -1.58. The van der Waals surface area contributed by atoms with Gasteiger partial charge in [-0.2, -0.15) is 0 Å². The maximum absolute atomic E-state index is 12.5. The molecule has 0 aromatic rings. The molecule has 2 atom stereocenters. The number of hydrogen-bond acceptors (Lipinski definition) is 4. The van der Waals surface area contributed by atoms with Crippen molar-refractivity contribution in [3.8, 4) is 0 Å². The molecule has 0 aliphatic carbocycles. The predicted molar refractivity (Wildman–Crippen MR) is 199 cm³/mol. The first-order chi connectivity index (χ1) is 22.6. The molecule has 0 N–H and O–H groups in total. The van der Waals surface area contributed by atoms with Crippen LogP contribution in [0.1, 0.15) is 220 Å². The minimum atomic E-state index is -0.348. The van der Waals surface area contributed by atoms with E-state index in [9.17, 15) is 9.59 Å². The molecule has 0 aromatic heterocycles. The zero-order valence-electron chi connectivity index (χ0n) is 31.3. The van der Waals surface area contributed by atoms with E-state index < -0.39 is 0 Å². The first kappa shape index (κ1) is 44.4. The lowest BCUT2D eigenvalue weighted by Gasteiger charge is -2.25.